The average Bonchev–Trinajstić information content (AvgIpc) is 4.31. The summed E-state index contributed by atoms with van der Waals surface area (Å²) in [6.07, 6.45) is 7.34. The molecule has 0 saturated carbocycles. The van der Waals surface area contributed by atoms with Gasteiger partial charge in [-0.25, -0.2) is 0 Å². The van der Waals surface area contributed by atoms with Crippen LogP contribution in [0.1, 0.15) is 31.2 Å². The molecule has 10 heterocycles. The van der Waals surface area contributed by atoms with Crippen molar-refractivity contribution in [1.82, 2.24) is 58.6 Å². The lowest BCUT2D eigenvalue weighted by Gasteiger charge is -2.41. The average molecular weight is 1060 g/mol. The maximum atomic E-state index is 14.1. The Morgan fingerprint density at radius 1 is 0.680 bits per heavy atom. The number of nitrogens with one attached hydrogen (secondary N) is 1. The number of aromatic nitrogens is 12. The lowest BCUT2D eigenvalue weighted by Crippen LogP contribution is -2.50. The summed E-state index contributed by atoms with van der Waals surface area (Å²) in [7, 11) is 8.87. The number of ether oxygens (including phenoxy) is 3. The molecule has 4 saturated heterocycles. The molecule has 23 heteroatoms. The number of nitrogens with two attached hydrogens (primary N) is 2. The molecule has 9 aromatic rings. The molecule has 4 aliphatic rings. The van der Waals surface area contributed by atoms with Gasteiger partial charge in [0.1, 0.15) is 16.5 Å². The van der Waals surface area contributed by atoms with Crippen molar-refractivity contribution in [3.63, 3.8) is 0 Å². The maximum absolute atomic E-state index is 14.1. The summed E-state index contributed by atoms with van der Waals surface area (Å²) in [4.78, 5) is 41.6. The standard InChI is InChI=1S/C30H33ClN8O3.C22H25ClN8O2/c1-36-15-21-22(34-36)9-8-20(25(21)31)26-24-27(35-39(26)14-18-4-6-19(41-3)7-5-18)33-29(37(2)28(24)40)38-12-10-30(11-13-38)17-42-16-23(30)32;1-29-9-13-14(28-29)4-3-12(17(13)23)18-16-19(27-26-18)25-21(30(2)20(16)32)31-7-5-22(6-8-31)11-33-10-15(22)24/h4-9,15,23H,10-14,16-17,32H2,1-3H3;3-4,9,15H,5-8,10-11,24H2,1-2H3,(H,26,27)/t23-;15-/m11/s1. The van der Waals surface area contributed by atoms with E-state index < -0.39 is 0 Å². The highest BCUT2D eigenvalue weighted by Gasteiger charge is 2.46. The van der Waals surface area contributed by atoms with Gasteiger partial charge in [-0.2, -0.15) is 30.4 Å². The van der Waals surface area contributed by atoms with Gasteiger partial charge in [0, 0.05) is 112 Å². The molecule has 4 aliphatic heterocycles. The van der Waals surface area contributed by atoms with Gasteiger partial charge in [0.05, 0.1) is 72.5 Å². The molecule has 4 fully saturated rings. The summed E-state index contributed by atoms with van der Waals surface area (Å²) in [6, 6.07) is 15.5. The predicted octanol–water partition coefficient (Wildman–Crippen LogP) is 5.15. The van der Waals surface area contributed by atoms with Crippen molar-refractivity contribution >= 4 is 79.0 Å². The quantitative estimate of drug-likeness (QED) is 0.187. The molecule has 3 aromatic carbocycles. The van der Waals surface area contributed by atoms with Gasteiger partial charge >= 0.3 is 0 Å². The van der Waals surface area contributed by atoms with Crippen LogP contribution < -0.4 is 37.1 Å². The van der Waals surface area contributed by atoms with Gasteiger partial charge in [-0.3, -0.25) is 37.9 Å². The number of halogens is 2. The molecule has 390 valence electrons. The fourth-order valence-electron chi connectivity index (χ4n) is 11.7. The van der Waals surface area contributed by atoms with Crippen molar-refractivity contribution in [2.75, 3.05) is 69.5 Å². The van der Waals surface area contributed by atoms with Crippen LogP contribution in [0.4, 0.5) is 11.9 Å². The van der Waals surface area contributed by atoms with Gasteiger partial charge in [0.2, 0.25) is 11.9 Å². The van der Waals surface area contributed by atoms with Crippen LogP contribution in [0.3, 0.4) is 0 Å². The zero-order chi connectivity index (χ0) is 52.1. The third kappa shape index (κ3) is 8.22. The predicted molar refractivity (Wildman–Crippen MR) is 289 cm³/mol. The largest absolute Gasteiger partial charge is 0.497 e. The molecule has 21 nitrogen and oxygen atoms in total. The fraction of sp³-hybridized carbons (Fsp3) is 0.423. The minimum Gasteiger partial charge on any atom is -0.497 e. The zero-order valence-electron chi connectivity index (χ0n) is 42.4. The molecule has 2 spiro atoms. The first-order chi connectivity index (χ1) is 36.2. The summed E-state index contributed by atoms with van der Waals surface area (Å²) in [5, 5.41) is 24.7. The van der Waals surface area contributed by atoms with Crippen molar-refractivity contribution in [3.05, 3.63) is 97.2 Å². The number of hydrogen-bond acceptors (Lipinski definition) is 15. The van der Waals surface area contributed by atoms with Crippen LogP contribution in [-0.2, 0) is 44.2 Å². The second-order valence-corrected chi connectivity index (χ2v) is 21.4. The third-order valence-electron chi connectivity index (χ3n) is 16.3. The van der Waals surface area contributed by atoms with E-state index in [0.717, 1.165) is 85.0 Å². The molecule has 0 amide bonds. The van der Waals surface area contributed by atoms with Crippen molar-refractivity contribution in [1.29, 1.82) is 0 Å². The number of benzene rings is 3. The lowest BCUT2D eigenvalue weighted by atomic mass is 9.75. The molecule has 0 aliphatic carbocycles. The first-order valence-electron chi connectivity index (χ1n) is 25.1. The number of hydrogen-bond donors (Lipinski definition) is 3. The molecular formula is C52H58Cl2N16O5. The summed E-state index contributed by atoms with van der Waals surface area (Å²) >= 11 is 13.7. The summed E-state index contributed by atoms with van der Waals surface area (Å²) in [5.41, 5.74) is 18.3. The molecule has 75 heavy (non-hydrogen) atoms. The van der Waals surface area contributed by atoms with E-state index in [9.17, 15) is 9.59 Å². The van der Waals surface area contributed by atoms with Crippen molar-refractivity contribution in [3.8, 4) is 28.3 Å². The van der Waals surface area contributed by atoms with E-state index in [-0.39, 0.29) is 34.0 Å². The second-order valence-electron chi connectivity index (χ2n) is 20.7. The molecule has 2 atom stereocenters. The van der Waals surface area contributed by atoms with Gasteiger partial charge in [-0.1, -0.05) is 35.3 Å². The molecule has 6 aromatic heterocycles. The minimum atomic E-state index is -0.172. The monoisotopic (exact) mass is 1060 g/mol. The SMILES string of the molecule is COc1ccc(Cn2nc3nc(N4CCC5(CC4)COC[C@H]5N)n(C)c(=O)c3c2-c2ccc3nn(C)cc3c2Cl)cc1.Cn1cc2c(Cl)c(-c3[nH]nc4nc(N5CCC6(CC5)COC[C@H]6N)n(C)c(=O)c34)ccc2n1. The highest BCUT2D eigenvalue weighted by atomic mass is 35.5. The fourth-order valence-corrected chi connectivity index (χ4v) is 12.3. The van der Waals surface area contributed by atoms with E-state index in [1.165, 1.54) is 0 Å². The Labute approximate surface area is 439 Å². The van der Waals surface area contributed by atoms with Crippen molar-refractivity contribution in [2.45, 2.75) is 44.3 Å². The summed E-state index contributed by atoms with van der Waals surface area (Å²) in [6.45, 7) is 6.05. The van der Waals surface area contributed by atoms with E-state index in [0.29, 0.717) is 99.5 Å². The lowest BCUT2D eigenvalue weighted by molar-refractivity contribution is 0.131. The van der Waals surface area contributed by atoms with Gasteiger partial charge < -0.3 is 35.5 Å². The molecule has 13 rings (SSSR count). The first kappa shape index (κ1) is 49.0. The number of fused-ring (bicyclic) bond motifs is 4. The van der Waals surface area contributed by atoms with E-state index in [1.54, 1.807) is 39.7 Å². The van der Waals surface area contributed by atoms with Crippen LogP contribution in [0.5, 0.6) is 5.75 Å². The van der Waals surface area contributed by atoms with Gasteiger partial charge in [-0.15, -0.1) is 0 Å². The van der Waals surface area contributed by atoms with Gasteiger partial charge in [-0.05, 0) is 67.6 Å². The van der Waals surface area contributed by atoms with Crippen LogP contribution in [0.2, 0.25) is 10.0 Å². The summed E-state index contributed by atoms with van der Waals surface area (Å²) in [5.74, 6) is 1.98. The smallest absolute Gasteiger partial charge is 0.266 e. The second kappa shape index (κ2) is 18.7. The van der Waals surface area contributed by atoms with E-state index in [4.69, 9.17) is 63.9 Å². The number of aromatic amines is 1. The van der Waals surface area contributed by atoms with E-state index >= 15 is 0 Å². The highest BCUT2D eigenvalue weighted by molar-refractivity contribution is 6.39. The Kier molecular flexibility index (Phi) is 12.3. The number of anilines is 2. The molecular weight excluding hydrogens is 1000 g/mol. The molecule has 0 unspecified atom stereocenters. The van der Waals surface area contributed by atoms with E-state index in [2.05, 4.69) is 30.2 Å². The number of nitrogens with zero attached hydrogens (tertiary/aromatic N) is 13. The summed E-state index contributed by atoms with van der Waals surface area (Å²) < 4.78 is 25.2. The van der Waals surface area contributed by atoms with Crippen molar-refractivity contribution < 1.29 is 14.2 Å². The molecule has 0 bridgehead atoms. The topological polar surface area (TPSA) is 238 Å². The van der Waals surface area contributed by atoms with Crippen LogP contribution in [0.15, 0.2) is 70.5 Å². The molecule has 5 N–H and O–H groups in total. The number of methoxy groups -OCH3 is 1. The Morgan fingerprint density at radius 2 is 1.19 bits per heavy atom. The van der Waals surface area contributed by atoms with Crippen LogP contribution in [0.25, 0.3) is 66.4 Å². The third-order valence-corrected chi connectivity index (χ3v) is 17.1. The molecule has 0 radical (unpaired) electrons. The number of rotatable bonds is 7. The Balaban J connectivity index is 0.000000156. The Bertz CT molecular complexity index is 3800. The number of piperidine rings is 2. The Hall–Kier alpha value is -6.88. The van der Waals surface area contributed by atoms with Crippen LogP contribution >= 0.6 is 23.2 Å². The van der Waals surface area contributed by atoms with E-state index in [1.807, 2.05) is 79.7 Å². The van der Waals surface area contributed by atoms with Crippen LogP contribution in [-0.4, -0.2) is 130 Å². The normalized spacial score (nSPS) is 19.4. The van der Waals surface area contributed by atoms with Crippen LogP contribution in [0, 0.1) is 10.8 Å². The van der Waals surface area contributed by atoms with Crippen molar-refractivity contribution in [2.24, 2.45) is 50.5 Å². The highest BCUT2D eigenvalue weighted by Crippen LogP contribution is 2.42. The number of aryl methyl sites for hydroxylation is 2. The van der Waals surface area contributed by atoms with Gasteiger partial charge in [0.25, 0.3) is 11.1 Å². The maximum Gasteiger partial charge on any atom is 0.266 e. The number of H-pyrrole nitrogens is 1. The Morgan fingerprint density at radius 3 is 1.71 bits per heavy atom. The first-order valence-corrected chi connectivity index (χ1v) is 25.9. The zero-order valence-corrected chi connectivity index (χ0v) is 43.9. The van der Waals surface area contributed by atoms with Gasteiger partial charge in [0.15, 0.2) is 11.3 Å². The minimum absolute atomic E-state index is 0.00568.